The smallest absolute Gasteiger partial charge is 0.315 e. The quantitative estimate of drug-likeness (QED) is 0.598. The predicted molar refractivity (Wildman–Crippen MR) is 72.9 cm³/mol. The molecule has 1 aliphatic rings. The molecule has 0 spiro atoms. The van der Waals surface area contributed by atoms with E-state index in [1.54, 1.807) is 7.11 Å². The summed E-state index contributed by atoms with van der Waals surface area (Å²) in [6.07, 6.45) is 6.45. The maximum atomic E-state index is 11.6. The Kier molecular flexibility index (Phi) is 7.97. The van der Waals surface area contributed by atoms with Gasteiger partial charge in [0, 0.05) is 26.3 Å². The molecule has 0 saturated heterocycles. The van der Waals surface area contributed by atoms with Crippen molar-refractivity contribution in [2.75, 3.05) is 26.8 Å². The summed E-state index contributed by atoms with van der Waals surface area (Å²) in [5, 5.41) is 8.19. The maximum Gasteiger partial charge on any atom is 0.315 e. The first-order valence-corrected chi connectivity index (χ1v) is 7.02. The van der Waals surface area contributed by atoms with Gasteiger partial charge < -0.3 is 20.7 Å². The summed E-state index contributed by atoms with van der Waals surface area (Å²) in [5.74, 6) is -0.171. The van der Waals surface area contributed by atoms with Gasteiger partial charge in [0.2, 0.25) is 5.91 Å². The van der Waals surface area contributed by atoms with Gasteiger partial charge in [0.25, 0.3) is 0 Å². The molecule has 6 heteroatoms. The maximum absolute atomic E-state index is 11.6. The van der Waals surface area contributed by atoms with E-state index in [9.17, 15) is 9.59 Å². The zero-order valence-electron chi connectivity index (χ0n) is 11.7. The molecule has 0 unspecified atom stereocenters. The number of nitrogens with one attached hydrogen (secondary N) is 3. The molecule has 1 saturated carbocycles. The van der Waals surface area contributed by atoms with Crippen molar-refractivity contribution in [3.8, 4) is 0 Å². The zero-order chi connectivity index (χ0) is 13.9. The fourth-order valence-electron chi connectivity index (χ4n) is 2.15. The molecule has 0 bridgehead atoms. The van der Waals surface area contributed by atoms with Crippen molar-refractivity contribution < 1.29 is 14.3 Å². The minimum absolute atomic E-state index is 0.0194. The van der Waals surface area contributed by atoms with Crippen molar-refractivity contribution >= 4 is 11.9 Å². The molecule has 0 aromatic heterocycles. The predicted octanol–water partition coefficient (Wildman–Crippen LogP) is 0.771. The first-order chi connectivity index (χ1) is 9.22. The Hall–Kier alpha value is -1.30. The highest BCUT2D eigenvalue weighted by Crippen LogP contribution is 2.16. The van der Waals surface area contributed by atoms with E-state index in [-0.39, 0.29) is 24.5 Å². The Morgan fingerprint density at radius 1 is 1.16 bits per heavy atom. The van der Waals surface area contributed by atoms with Crippen molar-refractivity contribution in [2.24, 2.45) is 0 Å². The molecule has 1 fully saturated rings. The van der Waals surface area contributed by atoms with Crippen molar-refractivity contribution in [3.05, 3.63) is 0 Å². The number of carbonyl (C=O) groups excluding carboxylic acids is 2. The van der Waals surface area contributed by atoms with Crippen molar-refractivity contribution in [1.29, 1.82) is 0 Å². The van der Waals surface area contributed by atoms with Crippen molar-refractivity contribution in [1.82, 2.24) is 16.0 Å². The van der Waals surface area contributed by atoms with Gasteiger partial charge in [-0.15, -0.1) is 0 Å². The Balaban J connectivity index is 2.03. The summed E-state index contributed by atoms with van der Waals surface area (Å²) in [5.41, 5.74) is 0. The van der Waals surface area contributed by atoms with Crippen LogP contribution in [0, 0.1) is 0 Å². The Labute approximate surface area is 114 Å². The van der Waals surface area contributed by atoms with Gasteiger partial charge in [-0.2, -0.15) is 0 Å². The lowest BCUT2D eigenvalue weighted by Crippen LogP contribution is -2.46. The molecule has 0 aliphatic heterocycles. The second-order valence-electron chi connectivity index (χ2n) is 4.86. The van der Waals surface area contributed by atoms with Crippen LogP contribution >= 0.6 is 0 Å². The number of urea groups is 1. The lowest BCUT2D eigenvalue weighted by atomic mass is 9.96. The number of hydrogen-bond donors (Lipinski definition) is 3. The van der Waals surface area contributed by atoms with E-state index in [1.807, 2.05) is 0 Å². The van der Waals surface area contributed by atoms with Crippen LogP contribution in [0.25, 0.3) is 0 Å². The third-order valence-corrected chi connectivity index (χ3v) is 3.20. The van der Waals surface area contributed by atoms with E-state index in [0.717, 1.165) is 19.3 Å². The third kappa shape index (κ3) is 7.66. The van der Waals surface area contributed by atoms with Gasteiger partial charge in [-0.3, -0.25) is 4.79 Å². The van der Waals surface area contributed by atoms with Crippen LogP contribution in [0.15, 0.2) is 0 Å². The first-order valence-electron chi connectivity index (χ1n) is 7.02. The Bertz CT molecular complexity index is 278. The molecule has 1 aliphatic carbocycles. The molecule has 0 aromatic rings. The average Bonchev–Trinajstić information content (AvgIpc) is 2.42. The van der Waals surface area contributed by atoms with Gasteiger partial charge >= 0.3 is 6.03 Å². The first kappa shape index (κ1) is 15.8. The Morgan fingerprint density at radius 3 is 2.58 bits per heavy atom. The number of amides is 3. The van der Waals surface area contributed by atoms with Crippen LogP contribution in [0.3, 0.4) is 0 Å². The monoisotopic (exact) mass is 271 g/mol. The van der Waals surface area contributed by atoms with Gasteiger partial charge in [-0.05, 0) is 19.3 Å². The summed E-state index contributed by atoms with van der Waals surface area (Å²) in [7, 11) is 1.62. The lowest BCUT2D eigenvalue weighted by molar-refractivity contribution is -0.120. The van der Waals surface area contributed by atoms with Crippen LogP contribution in [0.2, 0.25) is 0 Å². The number of hydrogen-bond acceptors (Lipinski definition) is 3. The zero-order valence-corrected chi connectivity index (χ0v) is 11.7. The van der Waals surface area contributed by atoms with E-state index in [0.29, 0.717) is 13.2 Å². The van der Waals surface area contributed by atoms with Crippen LogP contribution in [0.4, 0.5) is 4.79 Å². The highest BCUT2D eigenvalue weighted by atomic mass is 16.5. The molecule has 0 radical (unpaired) electrons. The molecule has 0 atom stereocenters. The highest BCUT2D eigenvalue weighted by molar-refractivity contribution is 5.83. The highest BCUT2D eigenvalue weighted by Gasteiger charge is 2.15. The Morgan fingerprint density at radius 2 is 1.89 bits per heavy atom. The fraction of sp³-hybridized carbons (Fsp3) is 0.846. The molecular weight excluding hydrogens is 246 g/mol. The summed E-state index contributed by atoms with van der Waals surface area (Å²) in [6.45, 7) is 1.21. The summed E-state index contributed by atoms with van der Waals surface area (Å²) in [4.78, 5) is 23.0. The second-order valence-corrected chi connectivity index (χ2v) is 4.86. The van der Waals surface area contributed by atoms with E-state index in [2.05, 4.69) is 16.0 Å². The summed E-state index contributed by atoms with van der Waals surface area (Å²) < 4.78 is 4.88. The summed E-state index contributed by atoms with van der Waals surface area (Å²) in [6, 6.07) is 0.0115. The fourth-order valence-corrected chi connectivity index (χ4v) is 2.15. The average molecular weight is 271 g/mol. The van der Waals surface area contributed by atoms with Gasteiger partial charge in [-0.1, -0.05) is 19.3 Å². The topological polar surface area (TPSA) is 79.5 Å². The van der Waals surface area contributed by atoms with Gasteiger partial charge in [0.1, 0.15) is 0 Å². The van der Waals surface area contributed by atoms with Gasteiger partial charge in [0.15, 0.2) is 0 Å². The molecule has 19 heavy (non-hydrogen) atoms. The van der Waals surface area contributed by atoms with E-state index >= 15 is 0 Å². The number of methoxy groups -OCH3 is 1. The van der Waals surface area contributed by atoms with E-state index in [1.165, 1.54) is 19.3 Å². The van der Waals surface area contributed by atoms with E-state index < -0.39 is 0 Å². The minimum atomic E-state index is -0.251. The van der Waals surface area contributed by atoms with Crippen LogP contribution in [0.1, 0.15) is 38.5 Å². The summed E-state index contributed by atoms with van der Waals surface area (Å²) >= 11 is 0. The standard InChI is InChI=1S/C13H25N3O3/c1-19-9-5-8-14-12(17)10-15-13(18)16-11-6-3-2-4-7-11/h11H,2-10H2,1H3,(H,14,17)(H2,15,16,18). The van der Waals surface area contributed by atoms with Crippen LogP contribution < -0.4 is 16.0 Å². The molecular formula is C13H25N3O3. The van der Waals surface area contributed by atoms with Crippen molar-refractivity contribution in [3.63, 3.8) is 0 Å². The van der Waals surface area contributed by atoms with Crippen molar-refractivity contribution in [2.45, 2.75) is 44.6 Å². The largest absolute Gasteiger partial charge is 0.385 e. The second kappa shape index (κ2) is 9.61. The van der Waals surface area contributed by atoms with Gasteiger partial charge in [0.05, 0.1) is 6.54 Å². The van der Waals surface area contributed by atoms with Crippen LogP contribution in [-0.4, -0.2) is 44.8 Å². The lowest BCUT2D eigenvalue weighted by Gasteiger charge is -2.22. The normalized spacial score (nSPS) is 15.8. The molecule has 0 aromatic carbocycles. The SMILES string of the molecule is COCCCNC(=O)CNC(=O)NC1CCCCC1. The number of rotatable bonds is 7. The molecule has 3 amide bonds. The third-order valence-electron chi connectivity index (χ3n) is 3.20. The molecule has 6 nitrogen and oxygen atoms in total. The molecule has 0 heterocycles. The number of carbonyl (C=O) groups is 2. The number of ether oxygens (including phenoxy) is 1. The van der Waals surface area contributed by atoms with Gasteiger partial charge in [-0.25, -0.2) is 4.79 Å². The van der Waals surface area contributed by atoms with Crippen LogP contribution in [0.5, 0.6) is 0 Å². The minimum Gasteiger partial charge on any atom is -0.385 e. The van der Waals surface area contributed by atoms with Crippen LogP contribution in [-0.2, 0) is 9.53 Å². The van der Waals surface area contributed by atoms with E-state index in [4.69, 9.17) is 4.74 Å². The molecule has 3 N–H and O–H groups in total. The molecule has 110 valence electrons. The molecule has 1 rings (SSSR count).